The number of hydrogen-bond donors (Lipinski definition) is 3. The summed E-state index contributed by atoms with van der Waals surface area (Å²) in [6, 6.07) is 9.78. The molecule has 1 atom stereocenters. The van der Waals surface area contributed by atoms with Gasteiger partial charge in [-0.3, -0.25) is 4.79 Å². The van der Waals surface area contributed by atoms with Crippen molar-refractivity contribution in [2.75, 3.05) is 19.6 Å². The predicted octanol–water partition coefficient (Wildman–Crippen LogP) is 1.28. The van der Waals surface area contributed by atoms with E-state index in [1.807, 2.05) is 6.07 Å². The van der Waals surface area contributed by atoms with Crippen LogP contribution >= 0.6 is 0 Å². The molecule has 8 heteroatoms. The van der Waals surface area contributed by atoms with Crippen molar-refractivity contribution in [2.24, 2.45) is 0 Å². The van der Waals surface area contributed by atoms with Gasteiger partial charge in [0.2, 0.25) is 10.0 Å². The van der Waals surface area contributed by atoms with Gasteiger partial charge in [0.05, 0.1) is 11.2 Å². The third-order valence-corrected chi connectivity index (χ3v) is 5.77. The molecular formula is C18H23N3O4S. The zero-order chi connectivity index (χ0) is 18.4. The van der Waals surface area contributed by atoms with Crippen molar-refractivity contribution in [3.8, 4) is 0 Å². The molecule has 3 rings (SSSR count). The number of hydrogen-bond acceptors (Lipinski definition) is 5. The molecule has 1 aliphatic heterocycles. The van der Waals surface area contributed by atoms with Crippen molar-refractivity contribution in [3.63, 3.8) is 0 Å². The van der Waals surface area contributed by atoms with E-state index in [2.05, 4.69) is 15.4 Å². The molecule has 0 unspecified atom stereocenters. The minimum atomic E-state index is -3.59. The molecule has 140 valence electrons. The molecule has 1 fully saturated rings. The lowest BCUT2D eigenvalue weighted by Crippen LogP contribution is -2.36. The summed E-state index contributed by atoms with van der Waals surface area (Å²) >= 11 is 0. The third-order valence-electron chi connectivity index (χ3n) is 4.29. The summed E-state index contributed by atoms with van der Waals surface area (Å²) in [5, 5.41) is 6.12. The lowest BCUT2D eigenvalue weighted by molar-refractivity contribution is 0.0940. The number of rotatable bonds is 8. The molecular weight excluding hydrogens is 354 g/mol. The van der Waals surface area contributed by atoms with E-state index in [0.29, 0.717) is 24.9 Å². The number of aryl methyl sites for hydroxylation is 1. The summed E-state index contributed by atoms with van der Waals surface area (Å²) in [6.45, 7) is 1.98. The van der Waals surface area contributed by atoms with Crippen LogP contribution in [0.1, 0.15) is 29.0 Å². The highest BCUT2D eigenvalue weighted by molar-refractivity contribution is 7.89. The molecule has 7 nitrogen and oxygen atoms in total. The topological polar surface area (TPSA) is 100 Å². The molecule has 1 saturated heterocycles. The SMILES string of the molecule is O=C(N[C@H]1CCNC1)c1ccc(S(=O)(=O)NCCCc2ccco2)cc1. The first kappa shape index (κ1) is 18.6. The monoisotopic (exact) mass is 377 g/mol. The number of carbonyl (C=O) groups excluding carboxylic acids is 1. The van der Waals surface area contributed by atoms with Gasteiger partial charge in [0.15, 0.2) is 0 Å². The molecule has 0 spiro atoms. The van der Waals surface area contributed by atoms with Gasteiger partial charge in [-0.2, -0.15) is 0 Å². The molecule has 0 saturated carbocycles. The summed E-state index contributed by atoms with van der Waals surface area (Å²) in [5.74, 6) is 0.645. The van der Waals surface area contributed by atoms with Gasteiger partial charge in [-0.05, 0) is 55.8 Å². The fraction of sp³-hybridized carbons (Fsp3) is 0.389. The van der Waals surface area contributed by atoms with E-state index in [0.717, 1.165) is 25.3 Å². The van der Waals surface area contributed by atoms with E-state index in [-0.39, 0.29) is 16.8 Å². The van der Waals surface area contributed by atoms with Crippen molar-refractivity contribution in [2.45, 2.75) is 30.2 Å². The maximum atomic E-state index is 12.3. The van der Waals surface area contributed by atoms with Crippen molar-refractivity contribution < 1.29 is 17.6 Å². The largest absolute Gasteiger partial charge is 0.469 e. The lowest BCUT2D eigenvalue weighted by Gasteiger charge is -2.12. The van der Waals surface area contributed by atoms with Crippen LogP contribution in [0, 0.1) is 0 Å². The van der Waals surface area contributed by atoms with Gasteiger partial charge in [0, 0.05) is 31.1 Å². The van der Waals surface area contributed by atoms with Gasteiger partial charge in [-0.25, -0.2) is 13.1 Å². The summed E-state index contributed by atoms with van der Waals surface area (Å²) in [5.41, 5.74) is 0.452. The molecule has 1 amide bonds. The van der Waals surface area contributed by atoms with E-state index < -0.39 is 10.0 Å². The maximum Gasteiger partial charge on any atom is 0.251 e. The quantitative estimate of drug-likeness (QED) is 0.602. The Balaban J connectivity index is 1.51. The summed E-state index contributed by atoms with van der Waals surface area (Å²) in [7, 11) is -3.59. The van der Waals surface area contributed by atoms with Crippen LogP contribution in [0.3, 0.4) is 0 Å². The maximum absolute atomic E-state index is 12.3. The molecule has 3 N–H and O–H groups in total. The van der Waals surface area contributed by atoms with E-state index in [4.69, 9.17) is 4.42 Å². The molecule has 2 heterocycles. The van der Waals surface area contributed by atoms with Crippen LogP contribution in [-0.4, -0.2) is 40.0 Å². The Labute approximate surface area is 153 Å². The highest BCUT2D eigenvalue weighted by Crippen LogP contribution is 2.12. The van der Waals surface area contributed by atoms with E-state index >= 15 is 0 Å². The molecule has 0 bridgehead atoms. The fourth-order valence-corrected chi connectivity index (χ4v) is 3.91. The first-order chi connectivity index (χ1) is 12.5. The molecule has 1 aliphatic rings. The van der Waals surface area contributed by atoms with Crippen LogP contribution in [-0.2, 0) is 16.4 Å². The van der Waals surface area contributed by atoms with Crippen LogP contribution in [0.2, 0.25) is 0 Å². The zero-order valence-electron chi connectivity index (χ0n) is 14.4. The van der Waals surface area contributed by atoms with Crippen molar-refractivity contribution in [3.05, 3.63) is 54.0 Å². The standard InChI is InChI=1S/C18H23N3O4S/c22-18(21-15-9-11-19-13-15)14-5-7-17(8-6-14)26(23,24)20-10-1-3-16-4-2-12-25-16/h2,4-8,12,15,19-20H,1,3,9-11,13H2,(H,21,22)/t15-/m0/s1. The zero-order valence-corrected chi connectivity index (χ0v) is 15.2. The number of nitrogens with one attached hydrogen (secondary N) is 3. The van der Waals surface area contributed by atoms with Crippen LogP contribution in [0.5, 0.6) is 0 Å². The highest BCUT2D eigenvalue weighted by atomic mass is 32.2. The molecule has 1 aromatic heterocycles. The third kappa shape index (κ3) is 4.94. The second-order valence-electron chi connectivity index (χ2n) is 6.27. The first-order valence-electron chi connectivity index (χ1n) is 8.68. The Morgan fingerprint density at radius 1 is 1.23 bits per heavy atom. The Morgan fingerprint density at radius 2 is 2.04 bits per heavy atom. The molecule has 0 aliphatic carbocycles. The van der Waals surface area contributed by atoms with E-state index in [1.165, 1.54) is 24.3 Å². The Hall–Kier alpha value is -2.16. The second kappa shape index (κ2) is 8.48. The van der Waals surface area contributed by atoms with E-state index in [9.17, 15) is 13.2 Å². The van der Waals surface area contributed by atoms with Gasteiger partial charge in [0.25, 0.3) is 5.91 Å². The second-order valence-corrected chi connectivity index (χ2v) is 8.04. The van der Waals surface area contributed by atoms with Gasteiger partial charge in [0.1, 0.15) is 5.76 Å². The van der Waals surface area contributed by atoms with Gasteiger partial charge >= 0.3 is 0 Å². The normalized spacial score (nSPS) is 17.3. The number of sulfonamides is 1. The van der Waals surface area contributed by atoms with Crippen molar-refractivity contribution in [1.82, 2.24) is 15.4 Å². The molecule has 2 aromatic rings. The van der Waals surface area contributed by atoms with Crippen LogP contribution < -0.4 is 15.4 Å². The Morgan fingerprint density at radius 3 is 2.69 bits per heavy atom. The Kier molecular flexibility index (Phi) is 6.08. The van der Waals surface area contributed by atoms with Gasteiger partial charge < -0.3 is 15.1 Å². The summed E-state index contributed by atoms with van der Waals surface area (Å²) in [4.78, 5) is 12.3. The van der Waals surface area contributed by atoms with Crippen molar-refractivity contribution in [1.29, 1.82) is 0 Å². The lowest BCUT2D eigenvalue weighted by atomic mass is 10.2. The number of benzene rings is 1. The smallest absolute Gasteiger partial charge is 0.251 e. The van der Waals surface area contributed by atoms with Crippen LogP contribution in [0.15, 0.2) is 52.0 Å². The van der Waals surface area contributed by atoms with Crippen LogP contribution in [0.25, 0.3) is 0 Å². The minimum Gasteiger partial charge on any atom is -0.469 e. The van der Waals surface area contributed by atoms with Crippen LogP contribution in [0.4, 0.5) is 0 Å². The average molecular weight is 377 g/mol. The first-order valence-corrected chi connectivity index (χ1v) is 10.2. The highest BCUT2D eigenvalue weighted by Gasteiger charge is 2.18. The van der Waals surface area contributed by atoms with Crippen molar-refractivity contribution >= 4 is 15.9 Å². The fourth-order valence-electron chi connectivity index (χ4n) is 2.84. The Bertz CT molecular complexity index is 811. The number of amides is 1. The van der Waals surface area contributed by atoms with Gasteiger partial charge in [-0.1, -0.05) is 0 Å². The number of carbonyl (C=O) groups is 1. The average Bonchev–Trinajstić information content (AvgIpc) is 3.33. The van der Waals surface area contributed by atoms with E-state index in [1.54, 1.807) is 12.3 Å². The summed E-state index contributed by atoms with van der Waals surface area (Å²) in [6.07, 6.45) is 3.81. The predicted molar refractivity (Wildman–Crippen MR) is 97.4 cm³/mol. The minimum absolute atomic E-state index is 0.127. The molecule has 0 radical (unpaired) electrons. The number of furan rings is 1. The summed E-state index contributed by atoms with van der Waals surface area (Å²) < 4.78 is 32.4. The molecule has 1 aromatic carbocycles. The molecule has 26 heavy (non-hydrogen) atoms. The van der Waals surface area contributed by atoms with Gasteiger partial charge in [-0.15, -0.1) is 0 Å².